The predicted octanol–water partition coefficient (Wildman–Crippen LogP) is 1.75. The summed E-state index contributed by atoms with van der Waals surface area (Å²) in [6, 6.07) is 5.11. The van der Waals surface area contributed by atoms with Gasteiger partial charge in [-0.3, -0.25) is 4.79 Å². The summed E-state index contributed by atoms with van der Waals surface area (Å²) >= 11 is 1.62. The van der Waals surface area contributed by atoms with Crippen LogP contribution in [-0.2, 0) is 23.0 Å². The molecule has 2 N–H and O–H groups in total. The molecule has 1 atom stereocenters. The molecule has 22 heavy (non-hydrogen) atoms. The third-order valence-corrected chi connectivity index (χ3v) is 4.29. The van der Waals surface area contributed by atoms with E-state index in [2.05, 4.69) is 10.0 Å². The monoisotopic (exact) mass is 342 g/mol. The normalized spacial score (nSPS) is 13.0. The maximum Gasteiger partial charge on any atom is 0.287 e. The molecule has 0 unspecified atom stereocenters. The third kappa shape index (κ3) is 5.28. The number of hydrogen-bond donors (Lipinski definition) is 2. The molecular formula is C14H18N2O4S2. The van der Waals surface area contributed by atoms with E-state index in [1.165, 1.54) is 11.6 Å². The highest BCUT2D eigenvalue weighted by Crippen LogP contribution is 2.11. The standard InChI is InChI=1S/C14H18N2O4S2/c1-10(7-11-5-6-21-9-11)16-14(17)13-4-3-12(20-13)8-15-22(2,18)19/h3-6,9-10,15H,7-8H2,1-2H3,(H,16,17)/t10-/m1/s1. The van der Waals surface area contributed by atoms with Gasteiger partial charge in [0.2, 0.25) is 10.0 Å². The number of amides is 1. The molecule has 1 amide bonds. The van der Waals surface area contributed by atoms with Gasteiger partial charge in [0, 0.05) is 6.04 Å². The van der Waals surface area contributed by atoms with Crippen LogP contribution in [-0.4, -0.2) is 26.6 Å². The molecule has 6 nitrogen and oxygen atoms in total. The van der Waals surface area contributed by atoms with Crippen LogP contribution in [0.3, 0.4) is 0 Å². The summed E-state index contributed by atoms with van der Waals surface area (Å²) in [5.41, 5.74) is 1.18. The van der Waals surface area contributed by atoms with Crippen LogP contribution in [0.2, 0.25) is 0 Å². The van der Waals surface area contributed by atoms with Gasteiger partial charge in [0.1, 0.15) is 5.76 Å². The van der Waals surface area contributed by atoms with E-state index in [-0.39, 0.29) is 24.3 Å². The van der Waals surface area contributed by atoms with Gasteiger partial charge >= 0.3 is 0 Å². The molecule has 2 aromatic rings. The van der Waals surface area contributed by atoms with E-state index in [1.807, 2.05) is 23.8 Å². The van der Waals surface area contributed by atoms with Crippen molar-refractivity contribution in [2.75, 3.05) is 6.26 Å². The van der Waals surface area contributed by atoms with E-state index in [4.69, 9.17) is 4.42 Å². The van der Waals surface area contributed by atoms with Crippen LogP contribution in [0.5, 0.6) is 0 Å². The van der Waals surface area contributed by atoms with Crippen molar-refractivity contribution in [2.24, 2.45) is 0 Å². The quantitative estimate of drug-likeness (QED) is 0.802. The topological polar surface area (TPSA) is 88.4 Å². The first-order valence-corrected chi connectivity index (χ1v) is 9.52. The number of carbonyl (C=O) groups is 1. The Morgan fingerprint density at radius 2 is 2.14 bits per heavy atom. The first-order valence-electron chi connectivity index (χ1n) is 6.69. The summed E-state index contributed by atoms with van der Waals surface area (Å²) in [5, 5.41) is 6.90. The van der Waals surface area contributed by atoms with E-state index < -0.39 is 10.0 Å². The van der Waals surface area contributed by atoms with Crippen molar-refractivity contribution >= 4 is 27.3 Å². The molecule has 8 heteroatoms. The Labute approximate surface area is 133 Å². The average molecular weight is 342 g/mol. The molecular weight excluding hydrogens is 324 g/mol. The first-order chi connectivity index (χ1) is 10.3. The Bertz CT molecular complexity index is 720. The zero-order valence-corrected chi connectivity index (χ0v) is 14.0. The molecule has 0 bridgehead atoms. The minimum Gasteiger partial charge on any atom is -0.455 e. The molecule has 2 aromatic heterocycles. The van der Waals surface area contributed by atoms with E-state index >= 15 is 0 Å². The molecule has 0 aliphatic rings. The third-order valence-electron chi connectivity index (χ3n) is 2.89. The van der Waals surface area contributed by atoms with Crippen LogP contribution in [0.1, 0.15) is 28.8 Å². The highest BCUT2D eigenvalue weighted by molar-refractivity contribution is 7.88. The highest BCUT2D eigenvalue weighted by atomic mass is 32.2. The van der Waals surface area contributed by atoms with Crippen LogP contribution in [0, 0.1) is 0 Å². The van der Waals surface area contributed by atoms with Crippen LogP contribution in [0.25, 0.3) is 0 Å². The molecule has 0 aromatic carbocycles. The molecule has 0 spiro atoms. The van der Waals surface area contributed by atoms with Gasteiger partial charge in [0.15, 0.2) is 5.76 Å². The largest absolute Gasteiger partial charge is 0.455 e. The summed E-state index contributed by atoms with van der Waals surface area (Å²) in [4.78, 5) is 12.1. The minimum atomic E-state index is -3.29. The number of hydrogen-bond acceptors (Lipinski definition) is 5. The van der Waals surface area contributed by atoms with Crippen molar-refractivity contribution in [3.8, 4) is 0 Å². The maximum absolute atomic E-state index is 12.1. The number of thiophene rings is 1. The Balaban J connectivity index is 1.88. The smallest absolute Gasteiger partial charge is 0.287 e. The molecule has 0 saturated carbocycles. The van der Waals surface area contributed by atoms with Gasteiger partial charge in [0.25, 0.3) is 5.91 Å². The Hall–Kier alpha value is -1.64. The Kier molecular flexibility index (Phi) is 5.38. The second-order valence-corrected chi connectivity index (χ2v) is 7.68. The van der Waals surface area contributed by atoms with Crippen molar-refractivity contribution in [2.45, 2.75) is 25.9 Å². The van der Waals surface area contributed by atoms with Crippen LogP contribution in [0.15, 0.2) is 33.4 Å². The summed E-state index contributed by atoms with van der Waals surface area (Å²) in [6.07, 6.45) is 1.81. The number of nitrogens with one attached hydrogen (secondary N) is 2. The lowest BCUT2D eigenvalue weighted by atomic mass is 10.1. The molecule has 2 rings (SSSR count). The van der Waals surface area contributed by atoms with Gasteiger partial charge in [-0.1, -0.05) is 0 Å². The summed E-state index contributed by atoms with van der Waals surface area (Å²) in [7, 11) is -3.29. The van der Waals surface area contributed by atoms with Gasteiger partial charge in [0.05, 0.1) is 12.8 Å². The van der Waals surface area contributed by atoms with E-state index in [1.54, 1.807) is 17.4 Å². The van der Waals surface area contributed by atoms with E-state index in [0.717, 1.165) is 12.7 Å². The molecule has 0 aliphatic heterocycles. The summed E-state index contributed by atoms with van der Waals surface area (Å²) in [6.45, 7) is 1.95. The van der Waals surface area contributed by atoms with Crippen LogP contribution >= 0.6 is 11.3 Å². The van der Waals surface area contributed by atoms with Crippen molar-refractivity contribution in [3.05, 3.63) is 46.0 Å². The molecule has 0 radical (unpaired) electrons. The van der Waals surface area contributed by atoms with E-state index in [0.29, 0.717) is 5.76 Å². The fraction of sp³-hybridized carbons (Fsp3) is 0.357. The Morgan fingerprint density at radius 3 is 2.77 bits per heavy atom. The van der Waals surface area contributed by atoms with Crippen molar-refractivity contribution in [1.29, 1.82) is 0 Å². The van der Waals surface area contributed by atoms with Crippen LogP contribution in [0.4, 0.5) is 0 Å². The van der Waals surface area contributed by atoms with Crippen molar-refractivity contribution in [1.82, 2.24) is 10.0 Å². The lowest BCUT2D eigenvalue weighted by Crippen LogP contribution is -2.33. The molecule has 0 fully saturated rings. The van der Waals surface area contributed by atoms with E-state index in [9.17, 15) is 13.2 Å². The van der Waals surface area contributed by atoms with Crippen molar-refractivity contribution < 1.29 is 17.6 Å². The average Bonchev–Trinajstić information content (AvgIpc) is 3.05. The number of sulfonamides is 1. The fourth-order valence-corrected chi connectivity index (χ4v) is 2.99. The first kappa shape index (κ1) is 16.7. The summed E-state index contributed by atoms with van der Waals surface area (Å²) in [5.74, 6) is 0.247. The predicted molar refractivity (Wildman–Crippen MR) is 85.3 cm³/mol. The zero-order valence-electron chi connectivity index (χ0n) is 12.3. The van der Waals surface area contributed by atoms with Gasteiger partial charge in [-0.25, -0.2) is 13.1 Å². The number of furan rings is 1. The Morgan fingerprint density at radius 1 is 1.36 bits per heavy atom. The molecule has 2 heterocycles. The maximum atomic E-state index is 12.1. The number of carbonyl (C=O) groups excluding carboxylic acids is 1. The highest BCUT2D eigenvalue weighted by Gasteiger charge is 2.15. The molecule has 120 valence electrons. The van der Waals surface area contributed by atoms with Crippen LogP contribution < -0.4 is 10.0 Å². The van der Waals surface area contributed by atoms with Gasteiger partial charge in [-0.05, 0) is 47.9 Å². The molecule has 0 aliphatic carbocycles. The lowest BCUT2D eigenvalue weighted by molar-refractivity contribution is 0.0910. The SMILES string of the molecule is C[C@H](Cc1ccsc1)NC(=O)c1ccc(CNS(C)(=O)=O)o1. The van der Waals surface area contributed by atoms with Gasteiger partial charge in [-0.2, -0.15) is 11.3 Å². The fourth-order valence-electron chi connectivity index (χ4n) is 1.91. The van der Waals surface area contributed by atoms with Gasteiger partial charge < -0.3 is 9.73 Å². The van der Waals surface area contributed by atoms with Crippen molar-refractivity contribution in [3.63, 3.8) is 0 Å². The van der Waals surface area contributed by atoms with Gasteiger partial charge in [-0.15, -0.1) is 0 Å². The zero-order chi connectivity index (χ0) is 16.2. The lowest BCUT2D eigenvalue weighted by Gasteiger charge is -2.11. The number of rotatable bonds is 7. The summed E-state index contributed by atoms with van der Waals surface area (Å²) < 4.78 is 29.7. The minimum absolute atomic E-state index is 0.0233. The molecule has 0 saturated heterocycles. The second kappa shape index (κ2) is 7.08. The second-order valence-electron chi connectivity index (χ2n) is 5.07.